The summed E-state index contributed by atoms with van der Waals surface area (Å²) in [7, 11) is 0. The van der Waals surface area contributed by atoms with Crippen molar-refractivity contribution in [3.8, 4) is 0 Å². The van der Waals surface area contributed by atoms with E-state index in [1.807, 2.05) is 30.3 Å². The van der Waals surface area contributed by atoms with Gasteiger partial charge in [-0.3, -0.25) is 15.1 Å². The van der Waals surface area contributed by atoms with Gasteiger partial charge in [-0.25, -0.2) is 0 Å². The van der Waals surface area contributed by atoms with Gasteiger partial charge in [-0.05, 0) is 5.56 Å². The second-order valence-electron chi connectivity index (χ2n) is 3.66. The van der Waals surface area contributed by atoms with Crippen molar-refractivity contribution in [1.29, 1.82) is 0 Å². The van der Waals surface area contributed by atoms with Gasteiger partial charge in [0.25, 0.3) is 5.69 Å². The minimum atomic E-state index is -0.463. The highest BCUT2D eigenvalue weighted by Gasteiger charge is 2.18. The summed E-state index contributed by atoms with van der Waals surface area (Å²) in [6, 6.07) is 9.50. The molecule has 2 aromatic rings. The lowest BCUT2D eigenvalue weighted by Gasteiger charge is -2.04. The van der Waals surface area contributed by atoms with Crippen LogP contribution in [-0.4, -0.2) is 9.91 Å². The number of nitro groups is 1. The molecular weight excluding hydrogens is 218 g/mol. The molecule has 0 aliphatic rings. The van der Waals surface area contributed by atoms with Gasteiger partial charge in [-0.1, -0.05) is 30.3 Å². The molecule has 0 saturated carbocycles. The lowest BCUT2D eigenvalue weighted by Crippen LogP contribution is -2.02. The van der Waals surface area contributed by atoms with Gasteiger partial charge in [0.15, 0.2) is 0 Å². The number of anilines is 1. The first-order valence-electron chi connectivity index (χ1n) is 5.09. The monoisotopic (exact) mass is 229 g/mol. The molecule has 1 heterocycles. The third-order valence-corrected chi connectivity index (χ3v) is 2.44. The molecule has 0 aliphatic heterocycles. The summed E-state index contributed by atoms with van der Waals surface area (Å²) in [6.45, 7) is 0. The van der Waals surface area contributed by atoms with Crippen molar-refractivity contribution < 1.29 is 4.92 Å². The first-order valence-corrected chi connectivity index (χ1v) is 5.09. The first-order chi connectivity index (χ1) is 8.18. The lowest BCUT2D eigenvalue weighted by molar-refractivity contribution is -0.384. The Hall–Kier alpha value is -2.43. The normalized spacial score (nSPS) is 10.1. The molecule has 0 atom stereocenters. The zero-order chi connectivity index (χ0) is 12.3. The van der Waals surface area contributed by atoms with Crippen molar-refractivity contribution in [3.63, 3.8) is 0 Å². The molecule has 1 aromatic heterocycles. The maximum atomic E-state index is 10.9. The van der Waals surface area contributed by atoms with E-state index in [4.69, 9.17) is 5.73 Å². The van der Waals surface area contributed by atoms with E-state index in [-0.39, 0.29) is 11.4 Å². The Labute approximate surface area is 98.1 Å². The SMILES string of the molecule is Nc1cncc(Cc2ccccc2)c1[N+](=O)[O-]. The van der Waals surface area contributed by atoms with Crippen LogP contribution in [0.15, 0.2) is 42.7 Å². The summed E-state index contributed by atoms with van der Waals surface area (Å²) in [4.78, 5) is 14.4. The van der Waals surface area contributed by atoms with E-state index in [0.717, 1.165) is 5.56 Å². The molecule has 17 heavy (non-hydrogen) atoms. The van der Waals surface area contributed by atoms with Gasteiger partial charge >= 0.3 is 0 Å². The van der Waals surface area contributed by atoms with Crippen LogP contribution in [0, 0.1) is 10.1 Å². The van der Waals surface area contributed by atoms with Crippen LogP contribution in [0.25, 0.3) is 0 Å². The van der Waals surface area contributed by atoms with Crippen molar-refractivity contribution in [3.05, 3.63) is 64.0 Å². The minimum Gasteiger partial charge on any atom is -0.392 e. The Kier molecular flexibility index (Phi) is 3.00. The number of nitrogens with zero attached hydrogens (tertiary/aromatic N) is 2. The molecular formula is C12H11N3O2. The maximum Gasteiger partial charge on any atom is 0.298 e. The van der Waals surface area contributed by atoms with Crippen LogP contribution in [0.1, 0.15) is 11.1 Å². The molecule has 0 spiro atoms. The molecule has 0 amide bonds. The summed E-state index contributed by atoms with van der Waals surface area (Å²) in [5, 5.41) is 10.9. The predicted octanol–water partition coefficient (Wildman–Crippen LogP) is 2.16. The third-order valence-electron chi connectivity index (χ3n) is 2.44. The van der Waals surface area contributed by atoms with Crippen LogP contribution in [0.4, 0.5) is 11.4 Å². The van der Waals surface area contributed by atoms with Gasteiger partial charge in [0, 0.05) is 12.6 Å². The fourth-order valence-corrected chi connectivity index (χ4v) is 1.68. The van der Waals surface area contributed by atoms with Crippen molar-refractivity contribution >= 4 is 11.4 Å². The average molecular weight is 229 g/mol. The molecule has 1 aromatic carbocycles. The number of nitrogen functional groups attached to an aromatic ring is 1. The van der Waals surface area contributed by atoms with Crippen molar-refractivity contribution in [1.82, 2.24) is 4.98 Å². The van der Waals surface area contributed by atoms with E-state index in [2.05, 4.69) is 4.98 Å². The van der Waals surface area contributed by atoms with Gasteiger partial charge in [0.05, 0.1) is 16.7 Å². The van der Waals surface area contributed by atoms with Gasteiger partial charge in [-0.15, -0.1) is 0 Å². The van der Waals surface area contributed by atoms with Crippen molar-refractivity contribution in [2.45, 2.75) is 6.42 Å². The molecule has 0 saturated heterocycles. The molecule has 0 unspecified atom stereocenters. The summed E-state index contributed by atoms with van der Waals surface area (Å²) >= 11 is 0. The summed E-state index contributed by atoms with van der Waals surface area (Å²) in [5.74, 6) is 0. The molecule has 0 fully saturated rings. The number of benzene rings is 1. The Morgan fingerprint density at radius 3 is 2.59 bits per heavy atom. The summed E-state index contributed by atoms with van der Waals surface area (Å²) < 4.78 is 0. The van der Waals surface area contributed by atoms with E-state index in [1.54, 1.807) is 0 Å². The molecule has 2 N–H and O–H groups in total. The Balaban J connectivity index is 2.40. The lowest BCUT2D eigenvalue weighted by atomic mass is 10.0. The first kappa shape index (κ1) is 11.1. The molecule has 0 aliphatic carbocycles. The molecule has 5 heteroatoms. The zero-order valence-corrected chi connectivity index (χ0v) is 9.04. The van der Waals surface area contributed by atoms with E-state index >= 15 is 0 Å². The van der Waals surface area contributed by atoms with E-state index in [1.165, 1.54) is 12.4 Å². The number of nitrogens with two attached hydrogens (primary N) is 1. The van der Waals surface area contributed by atoms with Crippen LogP contribution in [-0.2, 0) is 6.42 Å². The Bertz CT molecular complexity index is 541. The second kappa shape index (κ2) is 4.61. The fraction of sp³-hybridized carbons (Fsp3) is 0.0833. The summed E-state index contributed by atoms with van der Waals surface area (Å²) in [6.07, 6.45) is 3.24. The van der Waals surface area contributed by atoms with Gasteiger partial charge in [-0.2, -0.15) is 0 Å². The molecule has 5 nitrogen and oxygen atoms in total. The van der Waals surface area contributed by atoms with E-state index < -0.39 is 4.92 Å². The van der Waals surface area contributed by atoms with Gasteiger partial charge in [0.1, 0.15) is 5.69 Å². The van der Waals surface area contributed by atoms with Crippen LogP contribution < -0.4 is 5.73 Å². The Morgan fingerprint density at radius 1 is 1.24 bits per heavy atom. The number of rotatable bonds is 3. The zero-order valence-electron chi connectivity index (χ0n) is 9.04. The topological polar surface area (TPSA) is 82.0 Å². The van der Waals surface area contributed by atoms with Crippen LogP contribution in [0.5, 0.6) is 0 Å². The predicted molar refractivity (Wildman–Crippen MR) is 64.6 cm³/mol. The standard InChI is InChI=1S/C12H11N3O2/c13-11-8-14-7-10(12(11)15(16)17)6-9-4-2-1-3-5-9/h1-5,7-8H,6,13H2. The summed E-state index contributed by atoms with van der Waals surface area (Å²) in [5.41, 5.74) is 7.14. The third kappa shape index (κ3) is 2.39. The minimum absolute atomic E-state index is 0.0520. The molecule has 86 valence electrons. The quantitative estimate of drug-likeness (QED) is 0.645. The number of aromatic nitrogens is 1. The Morgan fingerprint density at radius 2 is 1.94 bits per heavy atom. The number of pyridine rings is 1. The molecule has 2 rings (SSSR count). The largest absolute Gasteiger partial charge is 0.392 e. The highest BCUT2D eigenvalue weighted by molar-refractivity contribution is 5.61. The van der Waals surface area contributed by atoms with Gasteiger partial charge in [0.2, 0.25) is 0 Å². The van der Waals surface area contributed by atoms with Crippen molar-refractivity contribution in [2.75, 3.05) is 5.73 Å². The molecule has 0 radical (unpaired) electrons. The van der Waals surface area contributed by atoms with E-state index in [9.17, 15) is 10.1 Å². The highest BCUT2D eigenvalue weighted by Crippen LogP contribution is 2.26. The second-order valence-corrected chi connectivity index (χ2v) is 3.66. The van der Waals surface area contributed by atoms with E-state index in [0.29, 0.717) is 12.0 Å². The maximum absolute atomic E-state index is 10.9. The van der Waals surface area contributed by atoms with Crippen LogP contribution >= 0.6 is 0 Å². The average Bonchev–Trinajstić information content (AvgIpc) is 2.30. The number of hydrogen-bond acceptors (Lipinski definition) is 4. The smallest absolute Gasteiger partial charge is 0.298 e. The molecule has 0 bridgehead atoms. The fourth-order valence-electron chi connectivity index (χ4n) is 1.68. The highest BCUT2D eigenvalue weighted by atomic mass is 16.6. The van der Waals surface area contributed by atoms with Gasteiger partial charge < -0.3 is 5.73 Å². The van der Waals surface area contributed by atoms with Crippen LogP contribution in [0.3, 0.4) is 0 Å². The van der Waals surface area contributed by atoms with Crippen molar-refractivity contribution in [2.24, 2.45) is 0 Å². The van der Waals surface area contributed by atoms with Crippen LogP contribution in [0.2, 0.25) is 0 Å². The number of hydrogen-bond donors (Lipinski definition) is 1.